The monoisotopic (exact) mass is 558 g/mol. The molecule has 1 aromatic rings. The molecule has 0 radical (unpaired) electrons. The molecule has 1 aromatic carbocycles. The van der Waals surface area contributed by atoms with E-state index in [-0.39, 0.29) is 31.6 Å². The Morgan fingerprint density at radius 3 is 2.72 bits per heavy atom. The number of carbonyl (C=O) groups excluding carboxylic acids is 3. The van der Waals surface area contributed by atoms with E-state index in [0.29, 0.717) is 49.4 Å². The molecular formula is C30H39ClN2O6. The van der Waals surface area contributed by atoms with Crippen LogP contribution in [0.4, 0.5) is 5.69 Å². The van der Waals surface area contributed by atoms with E-state index in [2.05, 4.69) is 13.2 Å². The van der Waals surface area contributed by atoms with E-state index >= 15 is 0 Å². The molecule has 1 spiro atoms. The molecule has 4 rings (SSSR count). The van der Waals surface area contributed by atoms with Crippen LogP contribution < -0.4 is 4.90 Å². The maximum absolute atomic E-state index is 14.5. The van der Waals surface area contributed by atoms with Crippen molar-refractivity contribution in [3.05, 3.63) is 54.1 Å². The second kappa shape index (κ2) is 12.7. The highest BCUT2D eigenvalue weighted by Crippen LogP contribution is 2.59. The lowest BCUT2D eigenvalue weighted by Gasteiger charge is -2.37. The van der Waals surface area contributed by atoms with E-state index in [9.17, 15) is 14.4 Å². The third-order valence-corrected chi connectivity index (χ3v) is 8.52. The van der Waals surface area contributed by atoms with Gasteiger partial charge in [0, 0.05) is 19.7 Å². The van der Waals surface area contributed by atoms with Crippen LogP contribution in [0, 0.1) is 18.8 Å². The molecule has 0 saturated carbocycles. The maximum atomic E-state index is 14.5. The number of anilines is 1. The number of para-hydroxylation sites is 1. The molecule has 2 unspecified atom stereocenters. The number of unbranched alkanes of at least 4 members (excludes halogenated alkanes) is 3. The average Bonchev–Trinajstić information content (AvgIpc) is 3.55. The number of hydrogen-bond donors (Lipinski definition) is 1. The molecule has 0 aromatic heterocycles. The van der Waals surface area contributed by atoms with Crippen LogP contribution in [0.3, 0.4) is 0 Å². The molecule has 3 fully saturated rings. The number of aliphatic hydroxyl groups excluding tert-OH is 1. The van der Waals surface area contributed by atoms with E-state index in [0.717, 1.165) is 18.4 Å². The van der Waals surface area contributed by atoms with Crippen LogP contribution in [0.15, 0.2) is 43.5 Å². The van der Waals surface area contributed by atoms with Crippen LogP contribution in [0.2, 0.25) is 5.02 Å². The van der Waals surface area contributed by atoms with Crippen molar-refractivity contribution in [3.63, 3.8) is 0 Å². The van der Waals surface area contributed by atoms with E-state index in [4.69, 9.17) is 26.2 Å². The lowest BCUT2D eigenvalue weighted by Crippen LogP contribution is -2.56. The highest BCUT2D eigenvalue weighted by atomic mass is 35.5. The number of ether oxygens (including phenoxy) is 2. The van der Waals surface area contributed by atoms with Gasteiger partial charge in [-0.1, -0.05) is 48.7 Å². The molecule has 3 heterocycles. The number of benzene rings is 1. The lowest BCUT2D eigenvalue weighted by molar-refractivity contribution is -0.155. The Morgan fingerprint density at radius 1 is 1.26 bits per heavy atom. The Kier molecular flexibility index (Phi) is 9.51. The number of rotatable bonds is 14. The van der Waals surface area contributed by atoms with Gasteiger partial charge >= 0.3 is 5.97 Å². The number of esters is 1. The summed E-state index contributed by atoms with van der Waals surface area (Å²) in [6.45, 7) is 10.3. The van der Waals surface area contributed by atoms with E-state index in [1.165, 1.54) is 0 Å². The standard InChI is InChI=1S/C30H39ClN2O6/c1-4-6-19-38-29(37)23-22-14-15-30(39-22)24(23)27(35)33(17-9-7-8-10-18-34)26(30)28(36)32(16-5-2)25-20(3)12-11-13-21(25)31/h4-5,11-13,22-24,26,34H,1-2,6-10,14-19H2,3H3/t22-,23+,24+,26?,30?/m1/s1. The fourth-order valence-corrected chi connectivity index (χ4v) is 6.88. The third kappa shape index (κ3) is 5.39. The summed E-state index contributed by atoms with van der Waals surface area (Å²) in [4.78, 5) is 45.0. The lowest BCUT2D eigenvalue weighted by atomic mass is 9.70. The normalized spacial score (nSPS) is 26.9. The highest BCUT2D eigenvalue weighted by molar-refractivity contribution is 6.34. The summed E-state index contributed by atoms with van der Waals surface area (Å²) in [5, 5.41) is 9.57. The summed E-state index contributed by atoms with van der Waals surface area (Å²) in [7, 11) is 0. The number of likely N-dealkylation sites (tertiary alicyclic amines) is 1. The van der Waals surface area contributed by atoms with Crippen molar-refractivity contribution in [1.29, 1.82) is 0 Å². The second-order valence-corrected chi connectivity index (χ2v) is 11.0. The van der Waals surface area contributed by atoms with Crippen LogP contribution in [0.25, 0.3) is 0 Å². The Bertz CT molecular complexity index is 1090. The molecule has 9 heteroatoms. The molecule has 2 bridgehead atoms. The molecule has 3 aliphatic heterocycles. The van der Waals surface area contributed by atoms with Crippen molar-refractivity contribution in [1.82, 2.24) is 4.90 Å². The molecule has 8 nitrogen and oxygen atoms in total. The fourth-order valence-electron chi connectivity index (χ4n) is 6.56. The van der Waals surface area contributed by atoms with Gasteiger partial charge in [-0.15, -0.1) is 13.2 Å². The first-order valence-corrected chi connectivity index (χ1v) is 14.2. The molecule has 3 saturated heterocycles. The minimum Gasteiger partial charge on any atom is -0.465 e. The predicted molar refractivity (Wildman–Crippen MR) is 149 cm³/mol. The molecule has 1 N–H and O–H groups in total. The van der Waals surface area contributed by atoms with Crippen molar-refractivity contribution < 1.29 is 29.0 Å². The zero-order chi connectivity index (χ0) is 28.2. The topological polar surface area (TPSA) is 96.4 Å². The van der Waals surface area contributed by atoms with E-state index in [1.807, 2.05) is 19.1 Å². The van der Waals surface area contributed by atoms with Gasteiger partial charge < -0.3 is 24.4 Å². The van der Waals surface area contributed by atoms with Crippen LogP contribution in [0.5, 0.6) is 0 Å². The predicted octanol–water partition coefficient (Wildman–Crippen LogP) is 4.21. The zero-order valence-corrected chi connectivity index (χ0v) is 23.4. The summed E-state index contributed by atoms with van der Waals surface area (Å²) in [5.74, 6) is -2.52. The van der Waals surface area contributed by atoms with Gasteiger partial charge in [-0.25, -0.2) is 0 Å². The number of halogens is 1. The van der Waals surface area contributed by atoms with E-state index in [1.54, 1.807) is 28.0 Å². The Labute approximate surface area is 235 Å². The Morgan fingerprint density at radius 2 is 2.03 bits per heavy atom. The van der Waals surface area contributed by atoms with Gasteiger partial charge in [-0.2, -0.15) is 0 Å². The van der Waals surface area contributed by atoms with Gasteiger partial charge in [0.15, 0.2) is 0 Å². The van der Waals surface area contributed by atoms with Crippen LogP contribution >= 0.6 is 11.6 Å². The average molecular weight is 559 g/mol. The van der Waals surface area contributed by atoms with Crippen LogP contribution in [-0.4, -0.2) is 71.8 Å². The molecule has 39 heavy (non-hydrogen) atoms. The zero-order valence-electron chi connectivity index (χ0n) is 22.6. The van der Waals surface area contributed by atoms with Gasteiger partial charge in [0.2, 0.25) is 5.91 Å². The number of aliphatic hydroxyl groups is 1. The minimum atomic E-state index is -1.11. The van der Waals surface area contributed by atoms with Crippen molar-refractivity contribution in [2.45, 2.75) is 69.6 Å². The number of fused-ring (bicyclic) bond motifs is 1. The number of carbonyl (C=O) groups is 3. The molecule has 5 atom stereocenters. The first-order valence-electron chi connectivity index (χ1n) is 13.9. The van der Waals surface area contributed by atoms with Crippen molar-refractivity contribution in [3.8, 4) is 0 Å². The number of hydrogen-bond acceptors (Lipinski definition) is 6. The molecular weight excluding hydrogens is 520 g/mol. The summed E-state index contributed by atoms with van der Waals surface area (Å²) in [6.07, 6.45) is 7.42. The first-order chi connectivity index (χ1) is 18.8. The van der Waals surface area contributed by atoms with Crippen LogP contribution in [-0.2, 0) is 23.9 Å². The number of nitrogens with zero attached hydrogens (tertiary/aromatic N) is 2. The summed E-state index contributed by atoms with van der Waals surface area (Å²) in [6, 6.07) is 4.55. The Balaban J connectivity index is 1.71. The van der Waals surface area contributed by atoms with Crippen molar-refractivity contribution in [2.75, 3.05) is 31.2 Å². The summed E-state index contributed by atoms with van der Waals surface area (Å²) < 4.78 is 12.0. The fraction of sp³-hybridized carbons (Fsp3) is 0.567. The number of aryl methyl sites for hydroxylation is 1. The summed E-state index contributed by atoms with van der Waals surface area (Å²) in [5.41, 5.74) is 0.291. The molecule has 0 aliphatic carbocycles. The SMILES string of the molecule is C=CCCOC(=O)[C@@H]1[C@H]2C(=O)N(CCCCCCO)C(C(=O)N(CC=C)c3c(C)cccc3Cl)C23CC[C@H]1O3. The largest absolute Gasteiger partial charge is 0.465 e. The van der Waals surface area contributed by atoms with Gasteiger partial charge in [0.1, 0.15) is 11.6 Å². The van der Waals surface area contributed by atoms with E-state index < -0.39 is 35.6 Å². The maximum Gasteiger partial charge on any atom is 0.312 e. The minimum absolute atomic E-state index is 0.119. The van der Waals surface area contributed by atoms with Crippen LogP contribution in [0.1, 0.15) is 50.5 Å². The number of amides is 2. The van der Waals surface area contributed by atoms with Gasteiger partial charge in [-0.3, -0.25) is 14.4 Å². The smallest absolute Gasteiger partial charge is 0.312 e. The molecule has 212 valence electrons. The first kappa shape index (κ1) is 29.3. The highest BCUT2D eigenvalue weighted by Gasteiger charge is 2.75. The molecule has 2 amide bonds. The van der Waals surface area contributed by atoms with Crippen molar-refractivity contribution in [2.24, 2.45) is 11.8 Å². The molecule has 3 aliphatic rings. The quantitative estimate of drug-likeness (QED) is 0.209. The van der Waals surface area contributed by atoms with Crippen molar-refractivity contribution >= 4 is 35.1 Å². The van der Waals surface area contributed by atoms with Gasteiger partial charge in [0.25, 0.3) is 5.91 Å². The third-order valence-electron chi connectivity index (χ3n) is 8.22. The van der Waals surface area contributed by atoms with Gasteiger partial charge in [0.05, 0.1) is 35.3 Å². The summed E-state index contributed by atoms with van der Waals surface area (Å²) >= 11 is 6.59. The van der Waals surface area contributed by atoms with Gasteiger partial charge in [-0.05, 0) is 50.7 Å². The Hall–Kier alpha value is -2.68. The second-order valence-electron chi connectivity index (χ2n) is 10.6.